The van der Waals surface area contributed by atoms with E-state index in [2.05, 4.69) is 15.8 Å². The summed E-state index contributed by atoms with van der Waals surface area (Å²) >= 11 is 0. The lowest BCUT2D eigenvalue weighted by atomic mass is 10.1. The van der Waals surface area contributed by atoms with Gasteiger partial charge in [0.1, 0.15) is 18.4 Å². The van der Waals surface area contributed by atoms with E-state index in [1.54, 1.807) is 37.4 Å². The number of phenols is 1. The maximum atomic E-state index is 12.9. The van der Waals surface area contributed by atoms with E-state index in [-0.39, 0.29) is 18.8 Å². The lowest BCUT2D eigenvalue weighted by Crippen LogP contribution is -2.47. The zero-order valence-electron chi connectivity index (χ0n) is 20.1. The highest BCUT2D eigenvalue weighted by molar-refractivity contribution is 5.87. The summed E-state index contributed by atoms with van der Waals surface area (Å²) in [6.07, 6.45) is 0.892. The van der Waals surface area contributed by atoms with Gasteiger partial charge in [-0.15, -0.1) is 0 Å². The predicted octanol–water partition coefficient (Wildman–Crippen LogP) is 3.79. The molecule has 36 heavy (non-hydrogen) atoms. The zero-order valence-corrected chi connectivity index (χ0v) is 20.1. The van der Waals surface area contributed by atoms with Gasteiger partial charge in [0.25, 0.3) is 5.91 Å². The van der Waals surface area contributed by atoms with Crippen LogP contribution in [-0.4, -0.2) is 43.1 Å². The van der Waals surface area contributed by atoms with Gasteiger partial charge in [0, 0.05) is 6.42 Å². The van der Waals surface area contributed by atoms with Crippen LogP contribution in [0.3, 0.4) is 0 Å². The molecule has 0 aromatic heterocycles. The number of carbonyl (C=O) groups is 2. The maximum Gasteiger partial charge on any atom is 0.408 e. The summed E-state index contributed by atoms with van der Waals surface area (Å²) in [5.41, 5.74) is 4.70. The molecule has 0 unspecified atom stereocenters. The molecule has 0 saturated carbocycles. The summed E-state index contributed by atoms with van der Waals surface area (Å²) < 4.78 is 16.1. The van der Waals surface area contributed by atoms with Crippen LogP contribution in [0, 0.1) is 0 Å². The normalized spacial score (nSPS) is 11.5. The Balaban J connectivity index is 1.66. The first-order chi connectivity index (χ1) is 17.5. The summed E-state index contributed by atoms with van der Waals surface area (Å²) in [6.45, 7) is 2.41. The molecule has 3 aromatic rings. The quantitative estimate of drug-likeness (QED) is 0.277. The van der Waals surface area contributed by atoms with Gasteiger partial charge in [0.15, 0.2) is 11.5 Å². The van der Waals surface area contributed by atoms with Crippen molar-refractivity contribution in [3.63, 3.8) is 0 Å². The Morgan fingerprint density at radius 2 is 1.75 bits per heavy atom. The number of phenolic OH excluding ortho intramolecular Hbond substituents is 1. The van der Waals surface area contributed by atoms with Crippen molar-refractivity contribution in [2.75, 3.05) is 13.7 Å². The summed E-state index contributed by atoms with van der Waals surface area (Å²) in [4.78, 5) is 25.3. The van der Waals surface area contributed by atoms with E-state index in [1.165, 1.54) is 18.3 Å². The lowest BCUT2D eigenvalue weighted by Gasteiger charge is -2.17. The minimum Gasteiger partial charge on any atom is -0.508 e. The van der Waals surface area contributed by atoms with Gasteiger partial charge < -0.3 is 24.6 Å². The average Bonchev–Trinajstić information content (AvgIpc) is 2.89. The molecule has 3 rings (SSSR count). The molecule has 0 aliphatic carbocycles. The van der Waals surface area contributed by atoms with E-state index < -0.39 is 18.0 Å². The number of methoxy groups -OCH3 is 1. The molecule has 9 heteroatoms. The number of benzene rings is 3. The van der Waals surface area contributed by atoms with Crippen molar-refractivity contribution in [1.29, 1.82) is 0 Å². The number of nitrogens with zero attached hydrogens (tertiary/aromatic N) is 1. The molecular formula is C27H29N3O6. The number of aromatic hydroxyl groups is 1. The Bertz CT molecular complexity index is 1170. The average molecular weight is 492 g/mol. The molecule has 0 aliphatic heterocycles. The molecule has 3 N–H and O–H groups in total. The molecule has 0 radical (unpaired) electrons. The van der Waals surface area contributed by atoms with E-state index in [4.69, 9.17) is 14.2 Å². The number of ether oxygens (including phenoxy) is 3. The fourth-order valence-corrected chi connectivity index (χ4v) is 3.27. The highest BCUT2D eigenvalue weighted by Crippen LogP contribution is 2.27. The van der Waals surface area contributed by atoms with Crippen molar-refractivity contribution in [3.8, 4) is 17.2 Å². The Hall–Kier alpha value is -4.53. The largest absolute Gasteiger partial charge is 0.508 e. The molecule has 0 bridgehead atoms. The smallest absolute Gasteiger partial charge is 0.408 e. The van der Waals surface area contributed by atoms with Crippen molar-refractivity contribution in [2.45, 2.75) is 26.0 Å². The van der Waals surface area contributed by atoms with Crippen molar-refractivity contribution < 1.29 is 28.9 Å². The first-order valence-electron chi connectivity index (χ1n) is 11.4. The van der Waals surface area contributed by atoms with Crippen molar-refractivity contribution >= 4 is 18.2 Å². The minimum absolute atomic E-state index is 0.0675. The van der Waals surface area contributed by atoms with Crippen molar-refractivity contribution in [2.24, 2.45) is 5.10 Å². The summed E-state index contributed by atoms with van der Waals surface area (Å²) in [5.74, 6) is 0.716. The number of rotatable bonds is 11. The Morgan fingerprint density at radius 3 is 2.44 bits per heavy atom. The van der Waals surface area contributed by atoms with Crippen LogP contribution in [0.15, 0.2) is 77.9 Å². The zero-order chi connectivity index (χ0) is 25.8. The van der Waals surface area contributed by atoms with Crippen molar-refractivity contribution in [3.05, 3.63) is 89.5 Å². The number of hydrogen-bond acceptors (Lipinski definition) is 7. The minimum atomic E-state index is -0.968. The van der Waals surface area contributed by atoms with Crippen LogP contribution < -0.4 is 20.2 Å². The van der Waals surface area contributed by atoms with Gasteiger partial charge in [-0.1, -0.05) is 42.5 Å². The van der Waals surface area contributed by atoms with E-state index in [9.17, 15) is 14.7 Å². The van der Waals surface area contributed by atoms with Gasteiger partial charge in [-0.05, 0) is 53.9 Å². The van der Waals surface area contributed by atoms with Crippen LogP contribution in [0.25, 0.3) is 0 Å². The van der Waals surface area contributed by atoms with Crippen LogP contribution >= 0.6 is 0 Å². The van der Waals surface area contributed by atoms with Crippen LogP contribution in [0.4, 0.5) is 4.79 Å². The third-order valence-corrected chi connectivity index (χ3v) is 5.07. The van der Waals surface area contributed by atoms with Crippen molar-refractivity contribution in [1.82, 2.24) is 10.7 Å². The molecule has 0 fully saturated rings. The summed E-state index contributed by atoms with van der Waals surface area (Å²) in [6, 6.07) is 19.9. The van der Waals surface area contributed by atoms with Gasteiger partial charge in [-0.25, -0.2) is 10.2 Å². The van der Waals surface area contributed by atoms with Gasteiger partial charge in [-0.2, -0.15) is 5.10 Å². The second-order valence-corrected chi connectivity index (χ2v) is 7.71. The van der Waals surface area contributed by atoms with Gasteiger partial charge in [0.05, 0.1) is 19.9 Å². The van der Waals surface area contributed by atoms with Crippen LogP contribution in [0.1, 0.15) is 23.6 Å². The molecule has 0 saturated heterocycles. The molecule has 0 heterocycles. The molecule has 2 amide bonds. The van der Waals surface area contributed by atoms with Gasteiger partial charge in [-0.3, -0.25) is 4.79 Å². The van der Waals surface area contributed by atoms with Crippen LogP contribution in [0.5, 0.6) is 17.2 Å². The van der Waals surface area contributed by atoms with E-state index >= 15 is 0 Å². The summed E-state index contributed by atoms with van der Waals surface area (Å²) in [5, 5.41) is 16.1. The highest BCUT2D eigenvalue weighted by atomic mass is 16.5. The molecule has 9 nitrogen and oxygen atoms in total. The topological polar surface area (TPSA) is 118 Å². The fourth-order valence-electron chi connectivity index (χ4n) is 3.27. The molecule has 3 aromatic carbocycles. The molecule has 0 spiro atoms. The third-order valence-electron chi connectivity index (χ3n) is 5.07. The predicted molar refractivity (Wildman–Crippen MR) is 135 cm³/mol. The number of nitrogens with one attached hydrogen (secondary N) is 2. The van der Waals surface area contributed by atoms with Gasteiger partial charge in [0.2, 0.25) is 0 Å². The fraction of sp³-hybridized carbons (Fsp3) is 0.222. The van der Waals surface area contributed by atoms with Crippen LogP contribution in [-0.2, 0) is 22.6 Å². The summed E-state index contributed by atoms with van der Waals surface area (Å²) in [7, 11) is 1.55. The Kier molecular flexibility index (Phi) is 9.69. The third kappa shape index (κ3) is 8.05. The second kappa shape index (κ2) is 13.4. The Morgan fingerprint density at radius 1 is 1.00 bits per heavy atom. The number of hydrogen-bond donors (Lipinski definition) is 3. The number of carbonyl (C=O) groups excluding carboxylic acids is 2. The second-order valence-electron chi connectivity index (χ2n) is 7.71. The maximum absolute atomic E-state index is 12.9. The number of amides is 2. The molecular weight excluding hydrogens is 462 g/mol. The standard InChI is InChI=1S/C27H29N3O6/c1-3-35-25-16-21(11-14-24(25)34-2)17-28-30-26(32)23(15-19-9-12-22(31)13-10-19)29-27(33)36-18-20-7-5-4-6-8-20/h4-14,16-17,23,31H,3,15,18H2,1-2H3,(H,29,33)(H,30,32)/b28-17+/t23-/m0/s1. The van der Waals surface area contributed by atoms with Gasteiger partial charge >= 0.3 is 6.09 Å². The van der Waals surface area contributed by atoms with E-state index in [0.29, 0.717) is 23.7 Å². The Labute approximate surface area is 209 Å². The molecule has 0 aliphatic rings. The SMILES string of the molecule is CCOc1cc(/C=N/NC(=O)[C@H](Cc2ccc(O)cc2)NC(=O)OCc2ccccc2)ccc1OC. The first kappa shape index (κ1) is 26.1. The monoisotopic (exact) mass is 491 g/mol. The number of alkyl carbamates (subject to hydrolysis) is 1. The molecule has 188 valence electrons. The highest BCUT2D eigenvalue weighted by Gasteiger charge is 2.22. The number of hydrazone groups is 1. The van der Waals surface area contributed by atoms with E-state index in [1.807, 2.05) is 37.3 Å². The lowest BCUT2D eigenvalue weighted by molar-refractivity contribution is -0.123. The van der Waals surface area contributed by atoms with Crippen LogP contribution in [0.2, 0.25) is 0 Å². The first-order valence-corrected chi connectivity index (χ1v) is 11.4. The van der Waals surface area contributed by atoms with E-state index in [0.717, 1.165) is 11.1 Å². The molecule has 1 atom stereocenters.